The fourth-order valence-electron chi connectivity index (χ4n) is 3.83. The monoisotopic (exact) mass is 340 g/mol. The minimum absolute atomic E-state index is 0.278. The Bertz CT molecular complexity index is 600. The predicted molar refractivity (Wildman–Crippen MR) is 85.3 cm³/mol. The van der Waals surface area contributed by atoms with Crippen LogP contribution in [0.25, 0.3) is 0 Å². The number of carbonyl (C=O) groups excluding carboxylic acids is 2. The number of hydrogen-bond acceptors (Lipinski definition) is 3. The van der Waals surface area contributed by atoms with Gasteiger partial charge in [-0.3, -0.25) is 9.59 Å². The third-order valence-electron chi connectivity index (χ3n) is 4.91. The van der Waals surface area contributed by atoms with Gasteiger partial charge in [-0.15, -0.1) is 0 Å². The Morgan fingerprint density at radius 2 is 2.00 bits per heavy atom. The molecule has 0 N–H and O–H groups in total. The van der Waals surface area contributed by atoms with E-state index in [1.54, 1.807) is 12.1 Å². The van der Waals surface area contributed by atoms with Crippen LogP contribution in [-0.2, 0) is 9.53 Å². The van der Waals surface area contributed by atoms with Crippen molar-refractivity contribution < 1.29 is 14.3 Å². The van der Waals surface area contributed by atoms with E-state index in [1.807, 2.05) is 0 Å². The third kappa shape index (κ3) is 3.47. The van der Waals surface area contributed by atoms with Crippen molar-refractivity contribution >= 4 is 35.0 Å². The summed E-state index contributed by atoms with van der Waals surface area (Å²) in [6, 6.07) is 4.67. The summed E-state index contributed by atoms with van der Waals surface area (Å²) in [5, 5.41) is 0.750. The Hall–Kier alpha value is -1.06. The summed E-state index contributed by atoms with van der Waals surface area (Å²) in [5.74, 6) is 1.30. The molecule has 2 aliphatic carbocycles. The van der Waals surface area contributed by atoms with Crippen molar-refractivity contribution in [2.24, 2.45) is 17.8 Å². The molecule has 0 saturated heterocycles. The number of ketones is 1. The van der Waals surface area contributed by atoms with E-state index < -0.39 is 0 Å². The first-order valence-electron chi connectivity index (χ1n) is 7.67. The van der Waals surface area contributed by atoms with Gasteiger partial charge in [0, 0.05) is 17.0 Å². The van der Waals surface area contributed by atoms with Crippen LogP contribution in [0.15, 0.2) is 18.2 Å². The number of esters is 1. The van der Waals surface area contributed by atoms with Crippen LogP contribution in [0.4, 0.5) is 0 Å². The Morgan fingerprint density at radius 1 is 1.18 bits per heavy atom. The van der Waals surface area contributed by atoms with E-state index in [2.05, 4.69) is 0 Å². The molecule has 2 fully saturated rings. The van der Waals surface area contributed by atoms with Crippen molar-refractivity contribution in [2.75, 3.05) is 6.61 Å². The molecule has 3 atom stereocenters. The van der Waals surface area contributed by atoms with E-state index in [4.69, 9.17) is 27.9 Å². The van der Waals surface area contributed by atoms with Crippen LogP contribution >= 0.6 is 23.2 Å². The first-order chi connectivity index (χ1) is 10.5. The molecular weight excluding hydrogens is 323 g/mol. The van der Waals surface area contributed by atoms with E-state index in [1.165, 1.54) is 25.3 Å². The summed E-state index contributed by atoms with van der Waals surface area (Å²) < 4.78 is 5.13. The van der Waals surface area contributed by atoms with Crippen molar-refractivity contribution in [3.63, 3.8) is 0 Å². The second-order valence-corrected chi connectivity index (χ2v) is 7.19. The van der Waals surface area contributed by atoms with Gasteiger partial charge in [-0.05, 0) is 55.2 Å². The first kappa shape index (κ1) is 15.8. The highest BCUT2D eigenvalue weighted by atomic mass is 35.5. The molecule has 118 valence electrons. The number of rotatable bonds is 5. The lowest BCUT2D eigenvalue weighted by Crippen LogP contribution is -2.20. The van der Waals surface area contributed by atoms with E-state index in [-0.39, 0.29) is 18.4 Å². The Morgan fingerprint density at radius 3 is 2.68 bits per heavy atom. The summed E-state index contributed by atoms with van der Waals surface area (Å²) in [5.41, 5.74) is 0.293. The van der Waals surface area contributed by atoms with Crippen LogP contribution in [0.2, 0.25) is 10.0 Å². The van der Waals surface area contributed by atoms with E-state index in [0.717, 1.165) is 12.3 Å². The molecule has 0 aliphatic heterocycles. The van der Waals surface area contributed by atoms with Crippen LogP contribution in [-0.4, -0.2) is 18.4 Å². The normalized spacial score (nSPS) is 26.2. The molecule has 3 nitrogen and oxygen atoms in total. The molecule has 0 heterocycles. The second-order valence-electron chi connectivity index (χ2n) is 6.35. The largest absolute Gasteiger partial charge is 0.457 e. The van der Waals surface area contributed by atoms with E-state index >= 15 is 0 Å². The Kier molecular flexibility index (Phi) is 4.74. The standard InChI is InChI=1S/C17H18Cl2O3/c18-13-3-4-15(19)14(8-13)16(20)9-22-17(21)7-12-6-10-1-2-11(12)5-10/h3-4,8,10-12H,1-2,5-7,9H2. The summed E-state index contributed by atoms with van der Waals surface area (Å²) in [6.07, 6.45) is 5.36. The highest BCUT2D eigenvalue weighted by Gasteiger charge is 2.40. The van der Waals surface area contributed by atoms with Gasteiger partial charge in [-0.25, -0.2) is 0 Å². The number of hydrogen-bond donors (Lipinski definition) is 0. The lowest BCUT2D eigenvalue weighted by Gasteiger charge is -2.20. The number of Topliss-reactive ketones (excluding diaryl/α,β-unsaturated/α-hetero) is 1. The smallest absolute Gasteiger partial charge is 0.306 e. The highest BCUT2D eigenvalue weighted by molar-refractivity contribution is 6.36. The van der Waals surface area contributed by atoms with Crippen LogP contribution in [0.1, 0.15) is 42.5 Å². The molecule has 1 aromatic rings. The van der Waals surface area contributed by atoms with Gasteiger partial charge in [0.05, 0.1) is 5.02 Å². The molecule has 0 aromatic heterocycles. The maximum absolute atomic E-state index is 12.1. The molecule has 0 amide bonds. The quantitative estimate of drug-likeness (QED) is 0.583. The van der Waals surface area contributed by atoms with Gasteiger partial charge in [-0.1, -0.05) is 29.6 Å². The molecule has 2 bridgehead atoms. The summed E-state index contributed by atoms with van der Waals surface area (Å²) in [6.45, 7) is -0.278. The third-order valence-corrected chi connectivity index (χ3v) is 5.47. The number of halogens is 2. The van der Waals surface area contributed by atoms with Crippen molar-refractivity contribution in [1.82, 2.24) is 0 Å². The van der Waals surface area contributed by atoms with Gasteiger partial charge >= 0.3 is 5.97 Å². The molecule has 3 unspecified atom stereocenters. The average molecular weight is 341 g/mol. The molecular formula is C17H18Cl2O3. The van der Waals surface area contributed by atoms with Crippen molar-refractivity contribution in [1.29, 1.82) is 0 Å². The van der Waals surface area contributed by atoms with Crippen molar-refractivity contribution in [3.8, 4) is 0 Å². The zero-order valence-electron chi connectivity index (χ0n) is 12.2. The number of carbonyl (C=O) groups is 2. The van der Waals surface area contributed by atoms with Crippen molar-refractivity contribution in [3.05, 3.63) is 33.8 Å². The van der Waals surface area contributed by atoms with Crippen LogP contribution in [0, 0.1) is 17.8 Å². The Labute approximate surface area is 139 Å². The van der Waals surface area contributed by atoms with Gasteiger partial charge in [0.25, 0.3) is 0 Å². The second kappa shape index (κ2) is 6.59. The maximum atomic E-state index is 12.1. The first-order valence-corrected chi connectivity index (χ1v) is 8.42. The van der Waals surface area contributed by atoms with E-state index in [9.17, 15) is 9.59 Å². The number of fused-ring (bicyclic) bond motifs is 2. The van der Waals surface area contributed by atoms with Gasteiger partial charge in [0.1, 0.15) is 0 Å². The lowest BCUT2D eigenvalue weighted by molar-refractivity contribution is -0.144. The molecule has 2 saturated carbocycles. The van der Waals surface area contributed by atoms with E-state index in [0.29, 0.717) is 33.9 Å². The van der Waals surface area contributed by atoms with Gasteiger partial charge < -0.3 is 4.74 Å². The van der Waals surface area contributed by atoms with Crippen LogP contribution < -0.4 is 0 Å². The SMILES string of the molecule is O=C(CC1CC2CCC1C2)OCC(=O)c1cc(Cl)ccc1Cl. The summed E-state index contributed by atoms with van der Waals surface area (Å²) >= 11 is 11.8. The van der Waals surface area contributed by atoms with Crippen LogP contribution in [0.5, 0.6) is 0 Å². The van der Waals surface area contributed by atoms with Crippen molar-refractivity contribution in [2.45, 2.75) is 32.1 Å². The van der Waals surface area contributed by atoms with Gasteiger partial charge in [0.15, 0.2) is 6.61 Å². The number of ether oxygens (including phenoxy) is 1. The maximum Gasteiger partial charge on any atom is 0.306 e. The molecule has 2 aliphatic rings. The summed E-state index contributed by atoms with van der Waals surface area (Å²) in [4.78, 5) is 24.0. The molecule has 0 spiro atoms. The molecule has 1 aromatic carbocycles. The molecule has 3 rings (SSSR count). The molecule has 5 heteroatoms. The number of benzene rings is 1. The zero-order valence-corrected chi connectivity index (χ0v) is 13.7. The fourth-order valence-corrected chi connectivity index (χ4v) is 4.23. The fraction of sp³-hybridized carbons (Fsp3) is 0.529. The molecule has 0 radical (unpaired) electrons. The Balaban J connectivity index is 1.50. The lowest BCUT2D eigenvalue weighted by atomic mass is 9.86. The summed E-state index contributed by atoms with van der Waals surface area (Å²) in [7, 11) is 0. The zero-order chi connectivity index (χ0) is 15.7. The van der Waals surface area contributed by atoms with Gasteiger partial charge in [-0.2, -0.15) is 0 Å². The molecule has 22 heavy (non-hydrogen) atoms. The van der Waals surface area contributed by atoms with Crippen LogP contribution in [0.3, 0.4) is 0 Å². The topological polar surface area (TPSA) is 43.4 Å². The van der Waals surface area contributed by atoms with Gasteiger partial charge in [0.2, 0.25) is 5.78 Å². The minimum Gasteiger partial charge on any atom is -0.457 e. The minimum atomic E-state index is -0.325. The highest BCUT2D eigenvalue weighted by Crippen LogP contribution is 2.49. The average Bonchev–Trinajstić information content (AvgIpc) is 3.10. The predicted octanol–water partition coefficient (Wildman–Crippen LogP) is 4.55.